The SMILES string of the molecule is Cc1cccc(CS(=O)(=O)N2CCC(C(=O)Nc3ccc(Cl)c(Cl)c3)CC2)c1. The van der Waals surface area contributed by atoms with Gasteiger partial charge in [-0.05, 0) is 43.5 Å². The van der Waals surface area contributed by atoms with Crippen molar-refractivity contribution in [1.82, 2.24) is 4.31 Å². The van der Waals surface area contributed by atoms with Crippen molar-refractivity contribution in [3.8, 4) is 0 Å². The molecule has 8 heteroatoms. The molecular weight excluding hydrogens is 419 g/mol. The zero-order valence-corrected chi connectivity index (χ0v) is 17.8. The molecule has 0 aromatic heterocycles. The molecule has 1 heterocycles. The van der Waals surface area contributed by atoms with Crippen LogP contribution >= 0.6 is 23.2 Å². The predicted octanol–water partition coefficient (Wildman–Crippen LogP) is 4.48. The Hall–Kier alpha value is -1.60. The van der Waals surface area contributed by atoms with E-state index in [0.717, 1.165) is 11.1 Å². The predicted molar refractivity (Wildman–Crippen MR) is 113 cm³/mol. The van der Waals surface area contributed by atoms with Crippen LogP contribution in [0, 0.1) is 12.8 Å². The standard InChI is InChI=1S/C20H22Cl2N2O3S/c1-14-3-2-4-15(11-14)13-28(26,27)24-9-7-16(8-10-24)20(25)23-17-5-6-18(21)19(22)12-17/h2-6,11-12,16H,7-10,13H2,1H3,(H,23,25). The molecule has 5 nitrogen and oxygen atoms in total. The molecule has 1 aliphatic heterocycles. The summed E-state index contributed by atoms with van der Waals surface area (Å²) >= 11 is 11.9. The van der Waals surface area contributed by atoms with Crippen LogP contribution in [0.25, 0.3) is 0 Å². The number of carbonyl (C=O) groups is 1. The lowest BCUT2D eigenvalue weighted by molar-refractivity contribution is -0.120. The summed E-state index contributed by atoms with van der Waals surface area (Å²) in [4.78, 5) is 12.5. The molecule has 0 unspecified atom stereocenters. The van der Waals surface area contributed by atoms with Crippen LogP contribution in [0.5, 0.6) is 0 Å². The number of amides is 1. The Morgan fingerprint density at radius 2 is 1.82 bits per heavy atom. The minimum atomic E-state index is -3.40. The zero-order valence-electron chi connectivity index (χ0n) is 15.5. The summed E-state index contributed by atoms with van der Waals surface area (Å²) < 4.78 is 26.9. The molecule has 0 spiro atoms. The fraction of sp³-hybridized carbons (Fsp3) is 0.350. The number of halogens is 2. The molecule has 3 rings (SSSR count). The number of rotatable bonds is 5. The third kappa shape index (κ3) is 5.26. The second-order valence-corrected chi connectivity index (χ2v) is 9.82. The van der Waals surface area contributed by atoms with Crippen LogP contribution in [0.4, 0.5) is 5.69 Å². The number of nitrogens with zero attached hydrogens (tertiary/aromatic N) is 1. The van der Waals surface area contributed by atoms with E-state index in [1.54, 1.807) is 18.2 Å². The molecule has 1 saturated heterocycles. The number of hydrogen-bond acceptors (Lipinski definition) is 3. The van der Waals surface area contributed by atoms with E-state index in [-0.39, 0.29) is 17.6 Å². The molecular formula is C20H22Cl2N2O3S. The lowest BCUT2D eigenvalue weighted by Crippen LogP contribution is -2.41. The quantitative estimate of drug-likeness (QED) is 0.744. The average molecular weight is 441 g/mol. The molecule has 150 valence electrons. The van der Waals surface area contributed by atoms with Crippen molar-refractivity contribution in [2.75, 3.05) is 18.4 Å². The topological polar surface area (TPSA) is 66.5 Å². The second kappa shape index (κ2) is 8.82. The minimum absolute atomic E-state index is 0.0190. The maximum Gasteiger partial charge on any atom is 0.227 e. The van der Waals surface area contributed by atoms with Crippen molar-refractivity contribution in [2.45, 2.75) is 25.5 Å². The Bertz CT molecular complexity index is 971. The monoisotopic (exact) mass is 440 g/mol. The maximum atomic E-state index is 12.7. The summed E-state index contributed by atoms with van der Waals surface area (Å²) in [6, 6.07) is 12.4. The molecule has 1 fully saturated rings. The Labute approximate surface area is 175 Å². The fourth-order valence-electron chi connectivity index (χ4n) is 3.32. The zero-order chi connectivity index (χ0) is 20.3. The van der Waals surface area contributed by atoms with Gasteiger partial charge in [-0.1, -0.05) is 53.0 Å². The highest BCUT2D eigenvalue weighted by Crippen LogP contribution is 2.27. The van der Waals surface area contributed by atoms with Crippen LogP contribution in [-0.4, -0.2) is 31.7 Å². The minimum Gasteiger partial charge on any atom is -0.326 e. The first-order chi connectivity index (χ1) is 13.2. The molecule has 2 aromatic rings. The maximum absolute atomic E-state index is 12.7. The smallest absolute Gasteiger partial charge is 0.227 e. The van der Waals surface area contributed by atoms with Crippen molar-refractivity contribution >= 4 is 44.8 Å². The molecule has 28 heavy (non-hydrogen) atoms. The number of benzene rings is 2. The van der Waals surface area contributed by atoms with E-state index < -0.39 is 10.0 Å². The van der Waals surface area contributed by atoms with Gasteiger partial charge in [-0.15, -0.1) is 0 Å². The number of piperidine rings is 1. The Morgan fingerprint density at radius 3 is 2.46 bits per heavy atom. The first-order valence-electron chi connectivity index (χ1n) is 9.04. The first kappa shape index (κ1) is 21.1. The van der Waals surface area contributed by atoms with Gasteiger partial charge in [0, 0.05) is 24.7 Å². The Morgan fingerprint density at radius 1 is 1.11 bits per heavy atom. The molecule has 0 saturated carbocycles. The molecule has 1 amide bonds. The molecule has 1 N–H and O–H groups in total. The second-order valence-electron chi connectivity index (χ2n) is 7.04. The van der Waals surface area contributed by atoms with Gasteiger partial charge in [0.2, 0.25) is 15.9 Å². The van der Waals surface area contributed by atoms with Crippen molar-refractivity contribution < 1.29 is 13.2 Å². The van der Waals surface area contributed by atoms with Crippen LogP contribution in [0.2, 0.25) is 10.0 Å². The largest absolute Gasteiger partial charge is 0.326 e. The van der Waals surface area contributed by atoms with E-state index in [1.165, 1.54) is 4.31 Å². The van der Waals surface area contributed by atoms with Crippen LogP contribution in [0.15, 0.2) is 42.5 Å². The van der Waals surface area contributed by atoms with E-state index in [0.29, 0.717) is 41.7 Å². The van der Waals surface area contributed by atoms with E-state index in [2.05, 4.69) is 5.32 Å². The summed E-state index contributed by atoms with van der Waals surface area (Å²) in [6.07, 6.45) is 0.973. The molecule has 0 aliphatic carbocycles. The number of nitrogens with one attached hydrogen (secondary N) is 1. The van der Waals surface area contributed by atoms with E-state index in [4.69, 9.17) is 23.2 Å². The number of carbonyl (C=O) groups excluding carboxylic acids is 1. The van der Waals surface area contributed by atoms with Crippen molar-refractivity contribution in [2.24, 2.45) is 5.92 Å². The third-order valence-electron chi connectivity index (χ3n) is 4.84. The fourth-order valence-corrected chi connectivity index (χ4v) is 5.17. The summed E-state index contributed by atoms with van der Waals surface area (Å²) in [6.45, 7) is 2.62. The van der Waals surface area contributed by atoms with Crippen LogP contribution in [0.1, 0.15) is 24.0 Å². The van der Waals surface area contributed by atoms with Crippen molar-refractivity contribution in [1.29, 1.82) is 0 Å². The van der Waals surface area contributed by atoms with Gasteiger partial charge in [0.25, 0.3) is 0 Å². The van der Waals surface area contributed by atoms with Gasteiger partial charge in [-0.3, -0.25) is 4.79 Å². The molecule has 2 aromatic carbocycles. The first-order valence-corrected chi connectivity index (χ1v) is 11.4. The number of aryl methyl sites for hydroxylation is 1. The Kier molecular flexibility index (Phi) is 6.65. The number of anilines is 1. The summed E-state index contributed by atoms with van der Waals surface area (Å²) in [5, 5.41) is 3.62. The lowest BCUT2D eigenvalue weighted by Gasteiger charge is -2.30. The molecule has 1 aliphatic rings. The van der Waals surface area contributed by atoms with Crippen molar-refractivity contribution in [3.05, 3.63) is 63.6 Å². The number of sulfonamides is 1. The summed E-state index contributed by atoms with van der Waals surface area (Å²) in [5.74, 6) is -0.386. The summed E-state index contributed by atoms with van der Waals surface area (Å²) in [5.41, 5.74) is 2.39. The Balaban J connectivity index is 1.57. The van der Waals surface area contributed by atoms with E-state index in [1.807, 2.05) is 31.2 Å². The highest BCUT2D eigenvalue weighted by molar-refractivity contribution is 7.88. The molecule has 0 radical (unpaired) electrons. The number of hydrogen-bond donors (Lipinski definition) is 1. The van der Waals surface area contributed by atoms with Gasteiger partial charge < -0.3 is 5.32 Å². The highest BCUT2D eigenvalue weighted by Gasteiger charge is 2.31. The molecule has 0 atom stereocenters. The van der Waals surface area contributed by atoms with Gasteiger partial charge in [0.15, 0.2) is 0 Å². The van der Waals surface area contributed by atoms with Crippen LogP contribution < -0.4 is 5.32 Å². The summed E-state index contributed by atoms with van der Waals surface area (Å²) in [7, 11) is -3.40. The van der Waals surface area contributed by atoms with E-state index >= 15 is 0 Å². The highest BCUT2D eigenvalue weighted by atomic mass is 35.5. The van der Waals surface area contributed by atoms with Crippen LogP contribution in [0.3, 0.4) is 0 Å². The molecule has 0 bridgehead atoms. The van der Waals surface area contributed by atoms with Crippen molar-refractivity contribution in [3.63, 3.8) is 0 Å². The van der Waals surface area contributed by atoms with Gasteiger partial charge in [-0.2, -0.15) is 0 Å². The third-order valence-corrected chi connectivity index (χ3v) is 7.43. The van der Waals surface area contributed by atoms with Crippen LogP contribution in [-0.2, 0) is 20.6 Å². The normalized spacial score (nSPS) is 16.1. The van der Waals surface area contributed by atoms with Gasteiger partial charge in [0.1, 0.15) is 0 Å². The van der Waals surface area contributed by atoms with Gasteiger partial charge in [0.05, 0.1) is 15.8 Å². The lowest BCUT2D eigenvalue weighted by atomic mass is 9.97. The van der Waals surface area contributed by atoms with Gasteiger partial charge >= 0.3 is 0 Å². The van der Waals surface area contributed by atoms with Gasteiger partial charge in [-0.25, -0.2) is 12.7 Å². The average Bonchev–Trinajstić information content (AvgIpc) is 2.64. The van der Waals surface area contributed by atoms with E-state index in [9.17, 15) is 13.2 Å².